The molecule has 0 aliphatic heterocycles. The third-order valence-corrected chi connectivity index (χ3v) is 6.66. The van der Waals surface area contributed by atoms with Crippen LogP contribution >= 0.6 is 0 Å². The van der Waals surface area contributed by atoms with E-state index < -0.39 is 0 Å². The Balaban J connectivity index is 1.64. The Kier molecular flexibility index (Phi) is 7.41. The van der Waals surface area contributed by atoms with E-state index in [1.165, 1.54) is 45.2 Å². The van der Waals surface area contributed by atoms with Gasteiger partial charge >= 0.3 is 0 Å². The predicted octanol–water partition coefficient (Wildman–Crippen LogP) is 4.70. The van der Waals surface area contributed by atoms with Gasteiger partial charge in [0.2, 0.25) is 0 Å². The zero-order valence-corrected chi connectivity index (χ0v) is 16.6. The topological polar surface area (TPSA) is 24.1 Å². The maximum absolute atomic E-state index is 3.87. The SMILES string of the molecule is CC1CC(C)C(NCCCNC2C(C)CC(C)CC2C)C(C)C1. The summed E-state index contributed by atoms with van der Waals surface area (Å²) in [5, 5.41) is 7.74. The van der Waals surface area contributed by atoms with E-state index in [-0.39, 0.29) is 0 Å². The van der Waals surface area contributed by atoms with Crippen molar-refractivity contribution in [1.29, 1.82) is 0 Å². The van der Waals surface area contributed by atoms with Crippen LogP contribution in [0.2, 0.25) is 0 Å². The fourth-order valence-corrected chi connectivity index (χ4v) is 5.87. The molecule has 23 heavy (non-hydrogen) atoms. The van der Waals surface area contributed by atoms with Crippen molar-refractivity contribution in [3.05, 3.63) is 0 Å². The van der Waals surface area contributed by atoms with Crippen LogP contribution in [0.4, 0.5) is 0 Å². The summed E-state index contributed by atoms with van der Waals surface area (Å²) in [5.74, 6) is 5.17. The molecule has 2 N–H and O–H groups in total. The standard InChI is InChI=1S/C21H42N2/c1-14-10-16(3)20(17(4)11-14)22-8-7-9-23-21-18(5)12-15(2)13-19(21)6/h14-23H,7-13H2,1-6H3. The Morgan fingerprint density at radius 2 is 0.870 bits per heavy atom. The van der Waals surface area contributed by atoms with Crippen LogP contribution < -0.4 is 10.6 Å². The smallest absolute Gasteiger partial charge is 0.0118 e. The van der Waals surface area contributed by atoms with Gasteiger partial charge in [0, 0.05) is 12.1 Å². The molecule has 2 fully saturated rings. The van der Waals surface area contributed by atoms with E-state index in [0.29, 0.717) is 0 Å². The molecule has 0 spiro atoms. The fourth-order valence-electron chi connectivity index (χ4n) is 5.87. The summed E-state index contributed by atoms with van der Waals surface area (Å²) in [5.41, 5.74) is 0. The normalized spacial score (nSPS) is 45.1. The van der Waals surface area contributed by atoms with Gasteiger partial charge in [0.25, 0.3) is 0 Å². The van der Waals surface area contributed by atoms with E-state index in [0.717, 1.165) is 47.6 Å². The van der Waals surface area contributed by atoms with Gasteiger partial charge in [-0.3, -0.25) is 0 Å². The third kappa shape index (κ3) is 5.46. The lowest BCUT2D eigenvalue weighted by molar-refractivity contribution is 0.157. The predicted molar refractivity (Wildman–Crippen MR) is 102 cm³/mol. The summed E-state index contributed by atoms with van der Waals surface area (Å²) < 4.78 is 0. The number of hydrogen-bond acceptors (Lipinski definition) is 2. The quantitative estimate of drug-likeness (QED) is 0.693. The van der Waals surface area contributed by atoms with Gasteiger partial charge in [-0.2, -0.15) is 0 Å². The molecule has 2 rings (SSSR count). The highest BCUT2D eigenvalue weighted by molar-refractivity contribution is 4.87. The van der Waals surface area contributed by atoms with E-state index in [9.17, 15) is 0 Å². The minimum Gasteiger partial charge on any atom is -0.313 e. The molecule has 4 atom stereocenters. The van der Waals surface area contributed by atoms with Crippen molar-refractivity contribution in [3.8, 4) is 0 Å². The molecule has 0 aromatic heterocycles. The molecule has 0 amide bonds. The molecule has 0 aromatic carbocycles. The first-order valence-electron chi connectivity index (χ1n) is 10.3. The van der Waals surface area contributed by atoms with Crippen molar-refractivity contribution in [2.45, 2.75) is 85.7 Å². The molecule has 2 heteroatoms. The highest BCUT2D eigenvalue weighted by Gasteiger charge is 2.31. The first-order chi connectivity index (χ1) is 10.9. The highest BCUT2D eigenvalue weighted by Crippen LogP contribution is 2.33. The average Bonchev–Trinajstić information content (AvgIpc) is 2.42. The van der Waals surface area contributed by atoms with Crippen molar-refractivity contribution in [1.82, 2.24) is 10.6 Å². The molecule has 0 saturated heterocycles. The molecule has 2 nitrogen and oxygen atoms in total. The van der Waals surface area contributed by atoms with Crippen LogP contribution in [-0.4, -0.2) is 25.2 Å². The van der Waals surface area contributed by atoms with Gasteiger partial charge in [-0.05, 0) is 80.7 Å². The Bertz CT molecular complexity index is 287. The minimum atomic E-state index is 0.736. The summed E-state index contributed by atoms with van der Waals surface area (Å²) in [6.07, 6.45) is 6.85. The molecule has 0 aromatic rings. The van der Waals surface area contributed by atoms with Crippen LogP contribution in [0.15, 0.2) is 0 Å². The maximum atomic E-state index is 3.87. The Labute approximate surface area is 145 Å². The molecular weight excluding hydrogens is 280 g/mol. The summed E-state index contributed by atoms with van der Waals surface area (Å²) >= 11 is 0. The van der Waals surface area contributed by atoms with Gasteiger partial charge in [0.1, 0.15) is 0 Å². The van der Waals surface area contributed by atoms with Gasteiger partial charge in [0.05, 0.1) is 0 Å². The zero-order valence-electron chi connectivity index (χ0n) is 16.6. The monoisotopic (exact) mass is 322 g/mol. The van der Waals surface area contributed by atoms with Crippen molar-refractivity contribution in [2.75, 3.05) is 13.1 Å². The molecule has 4 unspecified atom stereocenters. The Morgan fingerprint density at radius 1 is 0.565 bits per heavy atom. The maximum Gasteiger partial charge on any atom is 0.0118 e. The van der Waals surface area contributed by atoms with Gasteiger partial charge in [-0.1, -0.05) is 41.5 Å². The molecule has 2 aliphatic carbocycles. The summed E-state index contributed by atoms with van der Waals surface area (Å²) in [6.45, 7) is 16.9. The molecule has 2 saturated carbocycles. The van der Waals surface area contributed by atoms with E-state index in [1.54, 1.807) is 0 Å². The first-order valence-corrected chi connectivity index (χ1v) is 10.3. The zero-order chi connectivity index (χ0) is 17.0. The van der Waals surface area contributed by atoms with Crippen LogP contribution in [0.1, 0.15) is 73.6 Å². The van der Waals surface area contributed by atoms with Crippen LogP contribution in [0.25, 0.3) is 0 Å². The van der Waals surface area contributed by atoms with Crippen LogP contribution in [0.5, 0.6) is 0 Å². The van der Waals surface area contributed by atoms with Gasteiger partial charge in [-0.15, -0.1) is 0 Å². The number of hydrogen-bond donors (Lipinski definition) is 2. The largest absolute Gasteiger partial charge is 0.313 e. The molecule has 2 aliphatic rings. The van der Waals surface area contributed by atoms with Gasteiger partial charge < -0.3 is 10.6 Å². The Hall–Kier alpha value is -0.0800. The van der Waals surface area contributed by atoms with Gasteiger partial charge in [-0.25, -0.2) is 0 Å². The average molecular weight is 323 g/mol. The lowest BCUT2D eigenvalue weighted by atomic mass is 9.73. The molecule has 0 heterocycles. The second-order valence-corrected chi connectivity index (χ2v) is 9.38. The van der Waals surface area contributed by atoms with Crippen LogP contribution in [0.3, 0.4) is 0 Å². The van der Waals surface area contributed by atoms with Crippen molar-refractivity contribution >= 4 is 0 Å². The number of rotatable bonds is 6. The van der Waals surface area contributed by atoms with Gasteiger partial charge in [0.15, 0.2) is 0 Å². The minimum absolute atomic E-state index is 0.736. The number of nitrogens with one attached hydrogen (secondary N) is 2. The van der Waals surface area contributed by atoms with Crippen LogP contribution in [-0.2, 0) is 0 Å². The molecular formula is C21H42N2. The van der Waals surface area contributed by atoms with E-state index in [4.69, 9.17) is 0 Å². The van der Waals surface area contributed by atoms with E-state index >= 15 is 0 Å². The Morgan fingerprint density at radius 3 is 1.17 bits per heavy atom. The fraction of sp³-hybridized carbons (Fsp3) is 1.00. The second kappa shape index (κ2) is 8.85. The second-order valence-electron chi connectivity index (χ2n) is 9.38. The van der Waals surface area contributed by atoms with Crippen molar-refractivity contribution in [3.63, 3.8) is 0 Å². The molecule has 0 bridgehead atoms. The summed E-state index contributed by atoms with van der Waals surface area (Å²) in [7, 11) is 0. The van der Waals surface area contributed by atoms with E-state index in [1.807, 2.05) is 0 Å². The van der Waals surface area contributed by atoms with Crippen LogP contribution in [0, 0.1) is 35.5 Å². The summed E-state index contributed by atoms with van der Waals surface area (Å²) in [6, 6.07) is 1.47. The lowest BCUT2D eigenvalue weighted by Crippen LogP contribution is -2.47. The highest BCUT2D eigenvalue weighted by atomic mass is 15.0. The molecule has 0 radical (unpaired) electrons. The van der Waals surface area contributed by atoms with Crippen molar-refractivity contribution in [2.24, 2.45) is 35.5 Å². The third-order valence-electron chi connectivity index (χ3n) is 6.66. The molecule has 136 valence electrons. The van der Waals surface area contributed by atoms with E-state index in [2.05, 4.69) is 52.2 Å². The lowest BCUT2D eigenvalue weighted by Gasteiger charge is -2.39. The van der Waals surface area contributed by atoms with Crippen molar-refractivity contribution < 1.29 is 0 Å². The first kappa shape index (κ1) is 19.2. The summed E-state index contributed by atoms with van der Waals surface area (Å²) in [4.78, 5) is 0.